The van der Waals surface area contributed by atoms with E-state index in [-0.39, 0.29) is 18.4 Å². The molecule has 116 valence electrons. The number of hydrogen-bond donors (Lipinski definition) is 2. The highest BCUT2D eigenvalue weighted by molar-refractivity contribution is 5.76. The fourth-order valence-electron chi connectivity index (χ4n) is 2.93. The predicted molar refractivity (Wildman–Crippen MR) is 85.6 cm³/mol. The van der Waals surface area contributed by atoms with Crippen LogP contribution in [0.1, 0.15) is 0 Å². The normalized spacial score (nSPS) is 23.9. The molecule has 5 heteroatoms. The molecule has 3 aliphatic rings. The van der Waals surface area contributed by atoms with E-state index in [1.807, 2.05) is 12.2 Å². The maximum Gasteiger partial charge on any atom is 0.236 e. The van der Waals surface area contributed by atoms with Crippen molar-refractivity contribution in [1.29, 1.82) is 0 Å². The summed E-state index contributed by atoms with van der Waals surface area (Å²) in [6.07, 6.45) is 14.7. The molecule has 0 spiro atoms. The van der Waals surface area contributed by atoms with Gasteiger partial charge in [0.15, 0.2) is 0 Å². The molecule has 3 rings (SSSR count). The van der Waals surface area contributed by atoms with Gasteiger partial charge in [0, 0.05) is 19.0 Å². The SMILES string of the molecule is NC(=O)CNC1=C(N2CCOCC2)C2=CC=CC=CC2C=C1. The third kappa shape index (κ3) is 3.14. The van der Waals surface area contributed by atoms with Crippen molar-refractivity contribution in [2.24, 2.45) is 11.7 Å². The highest BCUT2D eigenvalue weighted by Crippen LogP contribution is 2.33. The first-order chi connectivity index (χ1) is 10.8. The largest absolute Gasteiger partial charge is 0.378 e. The Kier molecular flexibility index (Phi) is 4.44. The molecule has 1 unspecified atom stereocenters. The van der Waals surface area contributed by atoms with Gasteiger partial charge in [-0.05, 0) is 11.6 Å². The van der Waals surface area contributed by atoms with Gasteiger partial charge in [-0.15, -0.1) is 0 Å². The molecule has 0 saturated carbocycles. The Balaban J connectivity index is 1.96. The molecule has 1 fully saturated rings. The lowest BCUT2D eigenvalue weighted by Gasteiger charge is -2.36. The van der Waals surface area contributed by atoms with Crippen molar-refractivity contribution in [2.75, 3.05) is 32.8 Å². The van der Waals surface area contributed by atoms with Crippen LogP contribution in [0.15, 0.2) is 59.5 Å². The fraction of sp³-hybridized carbons (Fsp3) is 0.353. The molecule has 1 heterocycles. The van der Waals surface area contributed by atoms with Gasteiger partial charge in [0.2, 0.25) is 5.91 Å². The number of primary amides is 1. The van der Waals surface area contributed by atoms with Gasteiger partial charge >= 0.3 is 0 Å². The Bertz CT molecular complexity index is 593. The van der Waals surface area contributed by atoms with E-state index in [2.05, 4.69) is 40.6 Å². The minimum atomic E-state index is -0.362. The number of allylic oxidation sites excluding steroid dienone is 8. The quantitative estimate of drug-likeness (QED) is 0.807. The molecule has 1 atom stereocenters. The molecule has 5 nitrogen and oxygen atoms in total. The predicted octanol–water partition coefficient (Wildman–Crippen LogP) is 0.843. The Hall–Kier alpha value is -2.27. The van der Waals surface area contributed by atoms with Gasteiger partial charge in [-0.25, -0.2) is 0 Å². The number of fused-ring (bicyclic) bond motifs is 1. The Morgan fingerprint density at radius 2 is 2.09 bits per heavy atom. The topological polar surface area (TPSA) is 67.6 Å². The number of hydrogen-bond acceptors (Lipinski definition) is 4. The number of rotatable bonds is 4. The molecular formula is C17H21N3O2. The third-order valence-electron chi connectivity index (χ3n) is 3.95. The maximum absolute atomic E-state index is 11.1. The molecule has 1 saturated heterocycles. The summed E-state index contributed by atoms with van der Waals surface area (Å²) in [5.41, 5.74) is 8.61. The fourth-order valence-corrected chi connectivity index (χ4v) is 2.93. The van der Waals surface area contributed by atoms with Gasteiger partial charge in [-0.2, -0.15) is 0 Å². The van der Waals surface area contributed by atoms with Crippen molar-refractivity contribution in [3.63, 3.8) is 0 Å². The van der Waals surface area contributed by atoms with Crippen LogP contribution >= 0.6 is 0 Å². The second-order valence-electron chi connectivity index (χ2n) is 5.46. The van der Waals surface area contributed by atoms with Crippen molar-refractivity contribution < 1.29 is 9.53 Å². The minimum absolute atomic E-state index is 0.136. The molecule has 0 aromatic heterocycles. The first-order valence-corrected chi connectivity index (χ1v) is 7.58. The molecule has 0 aromatic carbocycles. The van der Waals surface area contributed by atoms with E-state index in [1.165, 1.54) is 5.57 Å². The van der Waals surface area contributed by atoms with Crippen molar-refractivity contribution in [3.05, 3.63) is 59.5 Å². The lowest BCUT2D eigenvalue weighted by molar-refractivity contribution is -0.117. The number of ether oxygens (including phenoxy) is 1. The van der Waals surface area contributed by atoms with Crippen LogP contribution in [-0.4, -0.2) is 43.7 Å². The average Bonchev–Trinajstić information content (AvgIpc) is 2.78. The van der Waals surface area contributed by atoms with Crippen molar-refractivity contribution >= 4 is 5.91 Å². The molecule has 1 aliphatic heterocycles. The zero-order valence-corrected chi connectivity index (χ0v) is 12.5. The number of amides is 1. The first-order valence-electron chi connectivity index (χ1n) is 7.58. The smallest absolute Gasteiger partial charge is 0.236 e. The molecule has 1 amide bonds. The van der Waals surface area contributed by atoms with Crippen LogP contribution < -0.4 is 11.1 Å². The second-order valence-corrected chi connectivity index (χ2v) is 5.46. The number of nitrogens with two attached hydrogens (primary N) is 1. The maximum atomic E-state index is 11.1. The Morgan fingerprint density at radius 3 is 2.86 bits per heavy atom. The minimum Gasteiger partial charge on any atom is -0.378 e. The lowest BCUT2D eigenvalue weighted by Crippen LogP contribution is -2.40. The molecule has 0 bridgehead atoms. The van der Waals surface area contributed by atoms with Crippen LogP contribution in [0, 0.1) is 5.92 Å². The monoisotopic (exact) mass is 299 g/mol. The summed E-state index contributed by atoms with van der Waals surface area (Å²) in [4.78, 5) is 13.4. The summed E-state index contributed by atoms with van der Waals surface area (Å²) < 4.78 is 5.46. The summed E-state index contributed by atoms with van der Waals surface area (Å²) in [5, 5.41) is 3.17. The van der Waals surface area contributed by atoms with Crippen LogP contribution in [0.4, 0.5) is 0 Å². The van der Waals surface area contributed by atoms with E-state index in [1.54, 1.807) is 0 Å². The van der Waals surface area contributed by atoms with Crippen molar-refractivity contribution in [3.8, 4) is 0 Å². The van der Waals surface area contributed by atoms with Crippen LogP contribution in [-0.2, 0) is 9.53 Å². The van der Waals surface area contributed by atoms with Gasteiger partial charge in [0.25, 0.3) is 0 Å². The van der Waals surface area contributed by atoms with Crippen molar-refractivity contribution in [2.45, 2.75) is 0 Å². The lowest BCUT2D eigenvalue weighted by atomic mass is 9.89. The zero-order chi connectivity index (χ0) is 15.4. The van der Waals surface area contributed by atoms with E-state index in [0.29, 0.717) is 0 Å². The third-order valence-corrected chi connectivity index (χ3v) is 3.95. The first kappa shape index (κ1) is 14.7. The van der Waals surface area contributed by atoms with Gasteiger partial charge < -0.3 is 20.7 Å². The van der Waals surface area contributed by atoms with E-state index in [9.17, 15) is 4.79 Å². The highest BCUT2D eigenvalue weighted by Gasteiger charge is 2.26. The Morgan fingerprint density at radius 1 is 1.27 bits per heavy atom. The second kappa shape index (κ2) is 6.66. The van der Waals surface area contributed by atoms with Crippen LogP contribution in [0.5, 0.6) is 0 Å². The number of morpholine rings is 1. The summed E-state index contributed by atoms with van der Waals surface area (Å²) >= 11 is 0. The van der Waals surface area contributed by atoms with Crippen LogP contribution in [0.2, 0.25) is 0 Å². The summed E-state index contributed by atoms with van der Waals surface area (Å²) in [7, 11) is 0. The van der Waals surface area contributed by atoms with Crippen LogP contribution in [0.3, 0.4) is 0 Å². The average molecular weight is 299 g/mol. The van der Waals surface area contributed by atoms with Gasteiger partial charge in [0.1, 0.15) is 0 Å². The zero-order valence-electron chi connectivity index (χ0n) is 12.5. The summed E-state index contributed by atoms with van der Waals surface area (Å²) in [6.45, 7) is 3.28. The molecule has 0 aromatic rings. The number of nitrogens with zero attached hydrogens (tertiary/aromatic N) is 1. The highest BCUT2D eigenvalue weighted by atomic mass is 16.5. The molecular weight excluding hydrogens is 278 g/mol. The summed E-state index contributed by atoms with van der Waals surface area (Å²) in [6, 6.07) is 0. The van der Waals surface area contributed by atoms with Crippen molar-refractivity contribution in [1.82, 2.24) is 10.2 Å². The molecule has 2 aliphatic carbocycles. The van der Waals surface area contributed by atoms with E-state index < -0.39 is 0 Å². The number of carbonyl (C=O) groups excluding carboxylic acids is 1. The van der Waals surface area contributed by atoms with E-state index >= 15 is 0 Å². The number of carbonyl (C=O) groups is 1. The number of nitrogens with one attached hydrogen (secondary N) is 1. The van der Waals surface area contributed by atoms with Gasteiger partial charge in [-0.3, -0.25) is 4.79 Å². The Labute approximate surface area is 130 Å². The van der Waals surface area contributed by atoms with Gasteiger partial charge in [-0.1, -0.05) is 36.5 Å². The van der Waals surface area contributed by atoms with Crippen LogP contribution in [0.25, 0.3) is 0 Å². The summed E-state index contributed by atoms with van der Waals surface area (Å²) in [5.74, 6) is -0.106. The molecule has 0 radical (unpaired) electrons. The standard InChI is InChI=1S/C17H21N3O2/c18-16(21)12-19-15-7-6-13-4-2-1-3-5-14(13)17(15)20-8-10-22-11-9-20/h1-7,13,19H,8-12H2,(H2,18,21). The van der Waals surface area contributed by atoms with E-state index in [0.717, 1.165) is 37.7 Å². The van der Waals surface area contributed by atoms with Gasteiger partial charge in [0.05, 0.1) is 31.2 Å². The molecule has 3 N–H and O–H groups in total. The van der Waals surface area contributed by atoms with E-state index in [4.69, 9.17) is 10.5 Å². The molecule has 22 heavy (non-hydrogen) atoms.